The number of benzene rings is 1. The van der Waals surface area contributed by atoms with Gasteiger partial charge in [0.1, 0.15) is 0 Å². The van der Waals surface area contributed by atoms with Gasteiger partial charge < -0.3 is 25.7 Å². The highest BCUT2D eigenvalue weighted by Crippen LogP contribution is 2.20. The molecule has 12 nitrogen and oxygen atoms in total. The van der Waals surface area contributed by atoms with Crippen molar-refractivity contribution in [3.05, 3.63) is 59.9 Å². The molecule has 0 bridgehead atoms. The summed E-state index contributed by atoms with van der Waals surface area (Å²) in [6.07, 6.45) is 2.14. The maximum Gasteiger partial charge on any atom is 0.336 e. The van der Waals surface area contributed by atoms with Gasteiger partial charge in [-0.15, -0.1) is 0 Å². The molecule has 1 unspecified atom stereocenters. The summed E-state index contributed by atoms with van der Waals surface area (Å²) < 4.78 is 0. The Hall–Kier alpha value is -3.87. The van der Waals surface area contributed by atoms with Crippen LogP contribution in [0, 0.1) is 0 Å². The molecule has 1 aliphatic heterocycles. The van der Waals surface area contributed by atoms with Crippen LogP contribution in [-0.2, 0) is 32.3 Å². The number of hydrogen-bond acceptors (Lipinski definition) is 8. The van der Waals surface area contributed by atoms with Crippen LogP contribution in [0.3, 0.4) is 0 Å². The second-order valence-corrected chi connectivity index (χ2v) is 9.77. The Morgan fingerprint density at radius 2 is 1.68 bits per heavy atom. The van der Waals surface area contributed by atoms with Crippen LogP contribution in [0.25, 0.3) is 0 Å². The predicted octanol–water partition coefficient (Wildman–Crippen LogP) is 2.28. The van der Waals surface area contributed by atoms with Crippen molar-refractivity contribution >= 4 is 29.5 Å². The van der Waals surface area contributed by atoms with Gasteiger partial charge in [0.2, 0.25) is 5.91 Å². The summed E-state index contributed by atoms with van der Waals surface area (Å²) in [4.78, 5) is 51.3. The number of carbonyl (C=O) groups excluding carboxylic acids is 1. The first-order valence-electron chi connectivity index (χ1n) is 13.0. The number of carbonyl (C=O) groups is 4. The normalized spacial score (nSPS) is 15.2. The van der Waals surface area contributed by atoms with Crippen molar-refractivity contribution in [2.45, 2.75) is 64.3 Å². The highest BCUT2D eigenvalue weighted by Gasteiger charge is 2.40. The summed E-state index contributed by atoms with van der Waals surface area (Å²) in [7, 11) is 0. The number of amides is 1. The second kappa shape index (κ2) is 15.7. The Labute approximate surface area is 233 Å². The van der Waals surface area contributed by atoms with E-state index in [-0.39, 0.29) is 5.91 Å². The van der Waals surface area contributed by atoms with Gasteiger partial charge in [0, 0.05) is 44.5 Å². The van der Waals surface area contributed by atoms with E-state index < -0.39 is 36.4 Å². The van der Waals surface area contributed by atoms with Gasteiger partial charge in [-0.25, -0.2) is 4.79 Å². The highest BCUT2D eigenvalue weighted by atomic mass is 16.4. The molecule has 218 valence electrons. The number of rotatable bonds is 13. The molecule has 1 aliphatic rings. The maximum absolute atomic E-state index is 11.2. The van der Waals surface area contributed by atoms with E-state index in [1.165, 1.54) is 31.9 Å². The summed E-state index contributed by atoms with van der Waals surface area (Å²) >= 11 is 0. The highest BCUT2D eigenvalue weighted by molar-refractivity contribution is 5.88. The maximum atomic E-state index is 11.2. The fourth-order valence-electron chi connectivity index (χ4n) is 4.59. The van der Waals surface area contributed by atoms with Crippen molar-refractivity contribution in [3.8, 4) is 0 Å². The number of aliphatic hydroxyl groups is 1. The van der Waals surface area contributed by atoms with Gasteiger partial charge in [0.15, 0.2) is 5.60 Å². The molecule has 0 aliphatic carbocycles. The molecule has 1 saturated heterocycles. The molecular formula is C28H38N4O8. The lowest BCUT2D eigenvalue weighted by Gasteiger charge is -2.30. The molecule has 40 heavy (non-hydrogen) atoms. The zero-order chi connectivity index (χ0) is 29.7. The van der Waals surface area contributed by atoms with E-state index in [1.54, 1.807) is 0 Å². The minimum absolute atomic E-state index is 0.0413. The molecule has 12 heteroatoms. The van der Waals surface area contributed by atoms with Gasteiger partial charge >= 0.3 is 17.9 Å². The molecule has 1 aromatic carbocycles. The molecule has 2 aromatic rings. The third kappa shape index (κ3) is 11.1. The summed E-state index contributed by atoms with van der Waals surface area (Å²) in [6, 6.07) is 14.9. The lowest BCUT2D eigenvalue weighted by Crippen LogP contribution is -2.42. The fourth-order valence-corrected chi connectivity index (χ4v) is 4.59. The number of nitrogens with zero attached hydrogens (tertiary/aromatic N) is 3. The number of anilines is 1. The Morgan fingerprint density at radius 3 is 2.17 bits per heavy atom. The van der Waals surface area contributed by atoms with Crippen LogP contribution in [0.5, 0.6) is 0 Å². The van der Waals surface area contributed by atoms with Gasteiger partial charge in [-0.05, 0) is 55.8 Å². The van der Waals surface area contributed by atoms with Crippen LogP contribution in [0.4, 0.5) is 5.69 Å². The van der Waals surface area contributed by atoms with E-state index in [1.807, 2.05) is 24.4 Å². The Morgan fingerprint density at radius 1 is 1.02 bits per heavy atom. The SMILES string of the molecule is CCN1CCCC1CN(Cc1ccc(NC(C)=O)cc1)Cc1ccccn1.O=C(O)CC(O)(CC(=O)O)C(=O)O. The molecule has 5 N–H and O–H groups in total. The van der Waals surface area contributed by atoms with E-state index >= 15 is 0 Å². The first-order valence-corrected chi connectivity index (χ1v) is 13.0. The summed E-state index contributed by atoms with van der Waals surface area (Å²) in [6.45, 7) is 8.90. The standard InChI is InChI=1S/C22H30N4O.C6H8O7/c1-3-26-14-6-8-22(26)17-25(16-21-7-4-5-13-23-21)15-19-9-11-20(12-10-19)24-18(2)27;7-3(8)1-6(13,5(11)12)2-4(9)10/h4-5,7,9-13,22H,3,6,8,14-17H2,1-2H3,(H,24,27);13H,1-2H2,(H,7,8)(H,9,10)(H,11,12). The number of carboxylic acids is 3. The number of aromatic nitrogens is 1. The molecule has 3 rings (SSSR count). The summed E-state index contributed by atoms with van der Waals surface area (Å²) in [5.41, 5.74) is 0.461. The zero-order valence-corrected chi connectivity index (χ0v) is 22.8. The molecule has 1 aromatic heterocycles. The molecule has 0 radical (unpaired) electrons. The van der Waals surface area contributed by atoms with Gasteiger partial charge in [-0.3, -0.25) is 29.2 Å². The number of likely N-dealkylation sites (tertiary alicyclic amines) is 1. The Bertz CT molecular complexity index is 1110. The quantitative estimate of drug-likeness (QED) is 0.243. The molecule has 0 saturated carbocycles. The molecule has 1 atom stereocenters. The number of likely N-dealkylation sites (N-methyl/N-ethyl adjacent to an activating group) is 1. The van der Waals surface area contributed by atoms with E-state index in [0.717, 1.165) is 37.6 Å². The average molecular weight is 559 g/mol. The monoisotopic (exact) mass is 558 g/mol. The van der Waals surface area contributed by atoms with E-state index in [4.69, 9.17) is 20.4 Å². The predicted molar refractivity (Wildman–Crippen MR) is 146 cm³/mol. The van der Waals surface area contributed by atoms with Gasteiger partial charge in [-0.2, -0.15) is 0 Å². The zero-order valence-electron chi connectivity index (χ0n) is 22.8. The lowest BCUT2D eigenvalue weighted by atomic mass is 9.96. The average Bonchev–Trinajstić information content (AvgIpc) is 3.32. The van der Waals surface area contributed by atoms with Crippen molar-refractivity contribution in [2.75, 3.05) is 25.0 Å². The van der Waals surface area contributed by atoms with Crippen LogP contribution in [0.1, 0.15) is 50.8 Å². The molecule has 1 amide bonds. The third-order valence-electron chi connectivity index (χ3n) is 6.45. The first kappa shape index (κ1) is 32.3. The van der Waals surface area contributed by atoms with Crippen LogP contribution in [-0.4, -0.2) is 90.3 Å². The molecule has 0 spiro atoms. The van der Waals surface area contributed by atoms with Gasteiger partial charge in [-0.1, -0.05) is 25.1 Å². The van der Waals surface area contributed by atoms with Crippen LogP contribution < -0.4 is 5.32 Å². The Balaban J connectivity index is 0.000000366. The fraction of sp³-hybridized carbons (Fsp3) is 0.464. The lowest BCUT2D eigenvalue weighted by molar-refractivity contribution is -0.170. The smallest absolute Gasteiger partial charge is 0.336 e. The van der Waals surface area contributed by atoms with E-state index in [9.17, 15) is 19.2 Å². The number of nitrogens with one attached hydrogen (secondary N) is 1. The van der Waals surface area contributed by atoms with Crippen molar-refractivity contribution in [1.29, 1.82) is 0 Å². The summed E-state index contributed by atoms with van der Waals surface area (Å²) in [5.74, 6) is -5.06. The number of hydrogen-bond donors (Lipinski definition) is 5. The van der Waals surface area contributed by atoms with E-state index in [0.29, 0.717) is 6.04 Å². The number of pyridine rings is 1. The summed E-state index contributed by atoms with van der Waals surface area (Å²) in [5, 5.41) is 36.6. The number of carboxylic acid groups (broad SMARTS) is 3. The van der Waals surface area contributed by atoms with Crippen LogP contribution >= 0.6 is 0 Å². The molecular weight excluding hydrogens is 520 g/mol. The largest absolute Gasteiger partial charge is 0.481 e. The number of aliphatic carboxylic acids is 3. The molecule has 2 heterocycles. The first-order chi connectivity index (χ1) is 18.9. The third-order valence-corrected chi connectivity index (χ3v) is 6.45. The minimum Gasteiger partial charge on any atom is -0.481 e. The Kier molecular flexibility index (Phi) is 12.7. The van der Waals surface area contributed by atoms with Gasteiger partial charge in [0.25, 0.3) is 0 Å². The van der Waals surface area contributed by atoms with E-state index in [2.05, 4.69) is 51.3 Å². The van der Waals surface area contributed by atoms with Crippen molar-refractivity contribution in [3.63, 3.8) is 0 Å². The van der Waals surface area contributed by atoms with Crippen molar-refractivity contribution in [1.82, 2.24) is 14.8 Å². The minimum atomic E-state index is -2.74. The van der Waals surface area contributed by atoms with Crippen LogP contribution in [0.2, 0.25) is 0 Å². The van der Waals surface area contributed by atoms with Crippen LogP contribution in [0.15, 0.2) is 48.7 Å². The topological polar surface area (TPSA) is 181 Å². The second-order valence-electron chi connectivity index (χ2n) is 9.77. The van der Waals surface area contributed by atoms with Crippen molar-refractivity contribution < 1.29 is 39.6 Å². The van der Waals surface area contributed by atoms with Gasteiger partial charge in [0.05, 0.1) is 18.5 Å². The van der Waals surface area contributed by atoms with Crippen molar-refractivity contribution in [2.24, 2.45) is 0 Å². The molecule has 1 fully saturated rings.